The molecule has 0 saturated heterocycles. The second-order valence-electron chi connectivity index (χ2n) is 3.82. The van der Waals surface area contributed by atoms with E-state index in [1.165, 1.54) is 13.1 Å². The summed E-state index contributed by atoms with van der Waals surface area (Å²) in [7, 11) is -3.85. The van der Waals surface area contributed by atoms with Gasteiger partial charge in [0.15, 0.2) is 4.21 Å². The molecule has 0 fully saturated rings. The van der Waals surface area contributed by atoms with E-state index in [-0.39, 0.29) is 15.8 Å². The Balaban J connectivity index is 2.38. The molecule has 0 radical (unpaired) electrons. The van der Waals surface area contributed by atoms with Crippen LogP contribution in [0.2, 0.25) is 0 Å². The van der Waals surface area contributed by atoms with Crippen molar-refractivity contribution < 1.29 is 13.2 Å². The van der Waals surface area contributed by atoms with Crippen LogP contribution in [0.5, 0.6) is 5.88 Å². The maximum atomic E-state index is 12.2. The van der Waals surface area contributed by atoms with Crippen molar-refractivity contribution in [1.29, 1.82) is 0 Å². The fourth-order valence-corrected chi connectivity index (χ4v) is 3.92. The minimum absolute atomic E-state index is 0.0474. The first-order valence-corrected chi connectivity index (χ1v) is 8.04. The second kappa shape index (κ2) is 5.63. The molecule has 2 heterocycles. The van der Waals surface area contributed by atoms with E-state index in [1.54, 1.807) is 19.1 Å². The van der Waals surface area contributed by atoms with Crippen molar-refractivity contribution in [3.8, 4) is 5.88 Å². The third-order valence-corrected chi connectivity index (χ3v) is 5.29. The molecule has 0 spiro atoms. The molecule has 2 aromatic rings. The summed E-state index contributed by atoms with van der Waals surface area (Å²) in [6.07, 6.45) is 1.50. The number of nitrogens with one attached hydrogen (secondary N) is 2. The van der Waals surface area contributed by atoms with E-state index >= 15 is 0 Å². The lowest BCUT2D eigenvalue weighted by Gasteiger charge is -2.10. The van der Waals surface area contributed by atoms with Crippen LogP contribution in [0.3, 0.4) is 0 Å². The predicted octanol–water partition coefficient (Wildman–Crippen LogP) is 1.34. The molecule has 0 saturated carbocycles. The fourth-order valence-electron chi connectivity index (χ4n) is 1.56. The number of aryl methyl sites for hydroxylation is 1. The highest BCUT2D eigenvalue weighted by molar-refractivity contribution is 7.94. The molecule has 9 heteroatoms. The number of pyridine rings is 1. The van der Waals surface area contributed by atoms with Gasteiger partial charge in [-0.05, 0) is 26.0 Å². The Labute approximate surface area is 119 Å². The zero-order chi connectivity index (χ0) is 14.8. The van der Waals surface area contributed by atoms with E-state index in [1.807, 2.05) is 0 Å². The van der Waals surface area contributed by atoms with Crippen LogP contribution >= 0.6 is 11.3 Å². The summed E-state index contributed by atoms with van der Waals surface area (Å²) in [5.74, 6) is 0.194. The number of aromatic nitrogens is 2. The minimum Gasteiger partial charge on any atom is -0.476 e. The van der Waals surface area contributed by atoms with Gasteiger partial charge in [-0.1, -0.05) is 11.3 Å². The molecule has 0 amide bonds. The average molecular weight is 315 g/mol. The van der Waals surface area contributed by atoms with Crippen molar-refractivity contribution in [3.05, 3.63) is 33.7 Å². The number of sulfonamides is 1. The normalized spacial score (nSPS) is 11.3. The van der Waals surface area contributed by atoms with Gasteiger partial charge in [0.1, 0.15) is 5.69 Å². The summed E-state index contributed by atoms with van der Waals surface area (Å²) >= 11 is 0.637. The van der Waals surface area contributed by atoms with Crippen molar-refractivity contribution in [2.24, 2.45) is 0 Å². The number of rotatable bonds is 5. The smallest absolute Gasteiger partial charge is 0.306 e. The van der Waals surface area contributed by atoms with E-state index < -0.39 is 14.9 Å². The summed E-state index contributed by atoms with van der Waals surface area (Å²) in [5, 5.41) is 0. The Kier molecular flexibility index (Phi) is 4.09. The van der Waals surface area contributed by atoms with Gasteiger partial charge in [0, 0.05) is 11.9 Å². The minimum atomic E-state index is -3.85. The number of H-pyrrole nitrogens is 1. The van der Waals surface area contributed by atoms with Crippen LogP contribution in [0.15, 0.2) is 27.3 Å². The van der Waals surface area contributed by atoms with Crippen LogP contribution in [0.1, 0.15) is 12.6 Å². The molecule has 0 aliphatic heterocycles. The largest absolute Gasteiger partial charge is 0.476 e. The number of hydrogen-bond donors (Lipinski definition) is 2. The molecule has 0 unspecified atom stereocenters. The SMILES string of the molecule is CCOc1ncccc1NS(=O)(=O)c1sc(=O)[nH]c1C. The van der Waals surface area contributed by atoms with Gasteiger partial charge in [-0.25, -0.2) is 13.4 Å². The van der Waals surface area contributed by atoms with Crippen LogP contribution < -0.4 is 14.3 Å². The number of thiazole rings is 1. The number of hydrogen-bond acceptors (Lipinski definition) is 6. The van der Waals surface area contributed by atoms with Crippen molar-refractivity contribution >= 4 is 27.0 Å². The van der Waals surface area contributed by atoms with Crippen molar-refractivity contribution in [2.45, 2.75) is 18.1 Å². The van der Waals surface area contributed by atoms with Gasteiger partial charge in [-0.15, -0.1) is 0 Å². The van der Waals surface area contributed by atoms with Gasteiger partial charge in [0.25, 0.3) is 10.0 Å². The highest BCUT2D eigenvalue weighted by Crippen LogP contribution is 2.25. The maximum Gasteiger partial charge on any atom is 0.306 e. The fraction of sp³-hybridized carbons (Fsp3) is 0.273. The van der Waals surface area contributed by atoms with E-state index in [2.05, 4.69) is 14.7 Å². The van der Waals surface area contributed by atoms with E-state index in [9.17, 15) is 13.2 Å². The number of anilines is 1. The van der Waals surface area contributed by atoms with Gasteiger partial charge in [-0.2, -0.15) is 0 Å². The van der Waals surface area contributed by atoms with Gasteiger partial charge in [-0.3, -0.25) is 9.52 Å². The van der Waals surface area contributed by atoms with Gasteiger partial charge < -0.3 is 9.72 Å². The molecule has 20 heavy (non-hydrogen) atoms. The average Bonchev–Trinajstić information content (AvgIpc) is 2.72. The highest BCUT2D eigenvalue weighted by atomic mass is 32.2. The Bertz CT molecular complexity index is 764. The van der Waals surface area contributed by atoms with Crippen LogP contribution in [0, 0.1) is 6.92 Å². The van der Waals surface area contributed by atoms with Gasteiger partial charge >= 0.3 is 4.87 Å². The third kappa shape index (κ3) is 2.99. The molecule has 0 bridgehead atoms. The molecule has 2 N–H and O–H groups in total. The standard InChI is InChI=1S/C11H13N3O4S2/c1-3-18-9-8(5-4-6-12-9)14-20(16,17)10-7(2)13-11(15)19-10/h4-6,14H,3H2,1-2H3,(H,13,15). The van der Waals surface area contributed by atoms with E-state index in [4.69, 9.17) is 4.74 Å². The highest BCUT2D eigenvalue weighted by Gasteiger charge is 2.22. The molecule has 108 valence electrons. The molecule has 7 nitrogen and oxygen atoms in total. The maximum absolute atomic E-state index is 12.2. The Morgan fingerprint density at radius 3 is 2.85 bits per heavy atom. The summed E-state index contributed by atoms with van der Waals surface area (Å²) < 4.78 is 32.1. The molecular formula is C11H13N3O4S2. The molecule has 2 rings (SSSR count). The third-order valence-electron chi connectivity index (χ3n) is 2.32. The van der Waals surface area contributed by atoms with Gasteiger partial charge in [0.2, 0.25) is 5.88 Å². The first kappa shape index (κ1) is 14.5. The topological polar surface area (TPSA) is 101 Å². The van der Waals surface area contributed by atoms with Crippen LogP contribution in [-0.2, 0) is 10.0 Å². The molecular weight excluding hydrogens is 302 g/mol. The lowest BCUT2D eigenvalue weighted by atomic mass is 10.4. The lowest BCUT2D eigenvalue weighted by Crippen LogP contribution is -2.14. The van der Waals surface area contributed by atoms with E-state index in [0.29, 0.717) is 23.6 Å². The summed E-state index contributed by atoms with van der Waals surface area (Å²) in [6.45, 7) is 3.66. The second-order valence-corrected chi connectivity index (χ2v) is 6.68. The van der Waals surface area contributed by atoms with Crippen molar-refractivity contribution in [3.63, 3.8) is 0 Å². The number of aromatic amines is 1. The van der Waals surface area contributed by atoms with Crippen LogP contribution in [0.25, 0.3) is 0 Å². The van der Waals surface area contributed by atoms with Crippen molar-refractivity contribution in [1.82, 2.24) is 9.97 Å². The zero-order valence-electron chi connectivity index (χ0n) is 10.8. The lowest BCUT2D eigenvalue weighted by molar-refractivity contribution is 0.329. The molecule has 2 aromatic heterocycles. The Hall–Kier alpha value is -1.87. The summed E-state index contributed by atoms with van der Waals surface area (Å²) in [6, 6.07) is 3.13. The molecule has 0 aliphatic rings. The Morgan fingerprint density at radius 1 is 1.50 bits per heavy atom. The number of ether oxygens (including phenoxy) is 1. The quantitative estimate of drug-likeness (QED) is 0.867. The summed E-state index contributed by atoms with van der Waals surface area (Å²) in [5.41, 5.74) is 0.531. The Morgan fingerprint density at radius 2 is 2.25 bits per heavy atom. The predicted molar refractivity (Wildman–Crippen MR) is 75.9 cm³/mol. The van der Waals surface area contributed by atoms with Crippen molar-refractivity contribution in [2.75, 3.05) is 11.3 Å². The monoisotopic (exact) mass is 315 g/mol. The summed E-state index contributed by atoms with van der Waals surface area (Å²) in [4.78, 5) is 17.2. The first-order valence-electron chi connectivity index (χ1n) is 5.74. The van der Waals surface area contributed by atoms with E-state index in [0.717, 1.165) is 0 Å². The first-order chi connectivity index (χ1) is 9.44. The van der Waals surface area contributed by atoms with Gasteiger partial charge in [0.05, 0.1) is 6.61 Å². The molecule has 0 aromatic carbocycles. The van der Waals surface area contributed by atoms with Crippen LogP contribution in [0.4, 0.5) is 5.69 Å². The number of nitrogens with zero attached hydrogens (tertiary/aromatic N) is 1. The molecule has 0 atom stereocenters. The zero-order valence-corrected chi connectivity index (χ0v) is 12.5. The molecule has 0 aliphatic carbocycles. The van der Waals surface area contributed by atoms with Crippen LogP contribution in [-0.4, -0.2) is 25.0 Å².